The molecular formula is C21H21ClFN3OS. The molecule has 1 aromatic heterocycles. The van der Waals surface area contributed by atoms with E-state index in [9.17, 15) is 9.18 Å². The predicted octanol–water partition coefficient (Wildman–Crippen LogP) is 5.63. The molecule has 0 aliphatic carbocycles. The van der Waals surface area contributed by atoms with Crippen molar-refractivity contribution in [3.63, 3.8) is 0 Å². The standard InChI is InChI=1S/C21H21ClFN3OS/c1-3-25(4-2)21-24-18(14-28-21)13-26(19-11-9-17(23)10-12-19)20(27)15-5-7-16(22)8-6-15/h5-12,14H,3-4,13H2,1-2H3. The van der Waals surface area contributed by atoms with Gasteiger partial charge in [0.05, 0.1) is 12.2 Å². The summed E-state index contributed by atoms with van der Waals surface area (Å²) in [5.74, 6) is -0.541. The lowest BCUT2D eigenvalue weighted by molar-refractivity contribution is 0.0985. The minimum Gasteiger partial charge on any atom is -0.349 e. The van der Waals surface area contributed by atoms with E-state index >= 15 is 0 Å². The Balaban J connectivity index is 1.91. The highest BCUT2D eigenvalue weighted by Gasteiger charge is 2.20. The molecular weight excluding hydrogens is 397 g/mol. The third kappa shape index (κ3) is 4.69. The number of benzene rings is 2. The zero-order valence-electron chi connectivity index (χ0n) is 15.7. The maximum Gasteiger partial charge on any atom is 0.258 e. The van der Waals surface area contributed by atoms with Crippen molar-refractivity contribution in [2.45, 2.75) is 20.4 Å². The number of anilines is 2. The van der Waals surface area contributed by atoms with Crippen molar-refractivity contribution < 1.29 is 9.18 Å². The van der Waals surface area contributed by atoms with Crippen LogP contribution in [0.15, 0.2) is 53.9 Å². The van der Waals surface area contributed by atoms with Gasteiger partial charge in [0.25, 0.3) is 5.91 Å². The molecule has 7 heteroatoms. The number of rotatable bonds is 7. The molecule has 0 atom stereocenters. The van der Waals surface area contributed by atoms with E-state index < -0.39 is 0 Å². The van der Waals surface area contributed by atoms with Crippen LogP contribution in [0, 0.1) is 5.82 Å². The highest BCUT2D eigenvalue weighted by Crippen LogP contribution is 2.25. The van der Waals surface area contributed by atoms with Crippen LogP contribution in [-0.4, -0.2) is 24.0 Å². The Hall–Kier alpha value is -2.44. The van der Waals surface area contributed by atoms with E-state index in [2.05, 4.69) is 23.7 Å². The number of halogens is 2. The maximum absolute atomic E-state index is 13.4. The average Bonchev–Trinajstić information content (AvgIpc) is 3.16. The molecule has 0 saturated carbocycles. The van der Waals surface area contributed by atoms with Crippen LogP contribution < -0.4 is 9.80 Å². The van der Waals surface area contributed by atoms with E-state index in [1.54, 1.807) is 52.6 Å². The van der Waals surface area contributed by atoms with E-state index in [0.29, 0.717) is 22.8 Å². The molecule has 4 nitrogen and oxygen atoms in total. The number of carbonyl (C=O) groups excluding carboxylic acids is 1. The number of thiazole rings is 1. The van der Waals surface area contributed by atoms with Crippen LogP contribution in [0.1, 0.15) is 29.9 Å². The summed E-state index contributed by atoms with van der Waals surface area (Å²) in [6, 6.07) is 12.6. The molecule has 0 radical (unpaired) electrons. The monoisotopic (exact) mass is 417 g/mol. The first-order valence-electron chi connectivity index (χ1n) is 9.04. The third-order valence-electron chi connectivity index (χ3n) is 4.37. The molecule has 0 unspecified atom stereocenters. The summed E-state index contributed by atoms with van der Waals surface area (Å²) >= 11 is 7.50. The van der Waals surface area contributed by atoms with E-state index in [1.165, 1.54) is 12.1 Å². The molecule has 0 aliphatic rings. The zero-order valence-corrected chi connectivity index (χ0v) is 17.3. The molecule has 3 rings (SSSR count). The van der Waals surface area contributed by atoms with Crippen LogP contribution in [-0.2, 0) is 6.54 Å². The van der Waals surface area contributed by atoms with Crippen LogP contribution in [0.4, 0.5) is 15.2 Å². The number of nitrogens with zero attached hydrogens (tertiary/aromatic N) is 3. The summed E-state index contributed by atoms with van der Waals surface area (Å²) in [5.41, 5.74) is 1.91. The predicted molar refractivity (Wildman–Crippen MR) is 114 cm³/mol. The number of hydrogen-bond donors (Lipinski definition) is 0. The second-order valence-corrected chi connectivity index (χ2v) is 7.44. The molecule has 146 valence electrons. The van der Waals surface area contributed by atoms with Gasteiger partial charge in [0.1, 0.15) is 5.82 Å². The minimum absolute atomic E-state index is 0.194. The Bertz CT molecular complexity index is 924. The zero-order chi connectivity index (χ0) is 20.1. The Morgan fingerprint density at radius 1 is 1.07 bits per heavy atom. The van der Waals surface area contributed by atoms with Crippen molar-refractivity contribution in [2.24, 2.45) is 0 Å². The van der Waals surface area contributed by atoms with Crippen LogP contribution >= 0.6 is 22.9 Å². The molecule has 0 bridgehead atoms. The van der Waals surface area contributed by atoms with Gasteiger partial charge >= 0.3 is 0 Å². The van der Waals surface area contributed by atoms with Gasteiger partial charge in [0.2, 0.25) is 0 Å². The van der Waals surface area contributed by atoms with E-state index in [0.717, 1.165) is 23.9 Å². The molecule has 2 aromatic carbocycles. The van der Waals surface area contributed by atoms with Crippen molar-refractivity contribution in [1.82, 2.24) is 4.98 Å². The lowest BCUT2D eigenvalue weighted by atomic mass is 10.1. The van der Waals surface area contributed by atoms with Crippen LogP contribution in [0.5, 0.6) is 0 Å². The Labute approximate surface area is 173 Å². The van der Waals surface area contributed by atoms with Crippen LogP contribution in [0.3, 0.4) is 0 Å². The highest BCUT2D eigenvalue weighted by molar-refractivity contribution is 7.13. The fourth-order valence-electron chi connectivity index (χ4n) is 2.82. The summed E-state index contributed by atoms with van der Waals surface area (Å²) < 4.78 is 13.4. The summed E-state index contributed by atoms with van der Waals surface area (Å²) in [5, 5.41) is 3.45. The fraction of sp³-hybridized carbons (Fsp3) is 0.238. The van der Waals surface area contributed by atoms with E-state index in [1.807, 2.05) is 5.38 Å². The number of hydrogen-bond acceptors (Lipinski definition) is 4. The van der Waals surface area contributed by atoms with Gasteiger partial charge in [-0.1, -0.05) is 11.6 Å². The van der Waals surface area contributed by atoms with Gasteiger partial charge < -0.3 is 9.80 Å². The average molecular weight is 418 g/mol. The molecule has 0 spiro atoms. The third-order valence-corrected chi connectivity index (χ3v) is 5.57. The second-order valence-electron chi connectivity index (χ2n) is 6.17. The summed E-state index contributed by atoms with van der Waals surface area (Å²) in [7, 11) is 0. The Morgan fingerprint density at radius 3 is 2.32 bits per heavy atom. The summed E-state index contributed by atoms with van der Waals surface area (Å²) in [6.45, 7) is 6.20. The lowest BCUT2D eigenvalue weighted by Gasteiger charge is -2.22. The first-order valence-corrected chi connectivity index (χ1v) is 10.3. The molecule has 3 aromatic rings. The molecule has 0 saturated heterocycles. The molecule has 0 N–H and O–H groups in total. The van der Waals surface area contributed by atoms with Crippen LogP contribution in [0.25, 0.3) is 0 Å². The molecule has 1 heterocycles. The van der Waals surface area contributed by atoms with Crippen molar-refractivity contribution >= 4 is 39.7 Å². The van der Waals surface area contributed by atoms with Gasteiger partial charge in [-0.2, -0.15) is 0 Å². The maximum atomic E-state index is 13.4. The van der Waals surface area contributed by atoms with Crippen LogP contribution in [0.2, 0.25) is 5.02 Å². The van der Waals surface area contributed by atoms with Crippen molar-refractivity contribution in [1.29, 1.82) is 0 Å². The normalized spacial score (nSPS) is 10.7. The van der Waals surface area contributed by atoms with Crippen molar-refractivity contribution in [3.8, 4) is 0 Å². The molecule has 0 aliphatic heterocycles. The number of amides is 1. The summed E-state index contributed by atoms with van der Waals surface area (Å²) in [6.07, 6.45) is 0. The first kappa shape index (κ1) is 20.3. The van der Waals surface area contributed by atoms with E-state index in [-0.39, 0.29) is 11.7 Å². The van der Waals surface area contributed by atoms with Gasteiger partial charge in [-0.05, 0) is 62.4 Å². The van der Waals surface area contributed by atoms with Crippen molar-refractivity contribution in [3.05, 3.63) is 76.0 Å². The molecule has 28 heavy (non-hydrogen) atoms. The van der Waals surface area contributed by atoms with Gasteiger partial charge in [0, 0.05) is 34.7 Å². The molecule has 1 amide bonds. The fourth-order valence-corrected chi connectivity index (χ4v) is 3.89. The summed E-state index contributed by atoms with van der Waals surface area (Å²) in [4.78, 5) is 21.6. The van der Waals surface area contributed by atoms with E-state index in [4.69, 9.17) is 11.6 Å². The Morgan fingerprint density at radius 2 is 1.71 bits per heavy atom. The highest BCUT2D eigenvalue weighted by atomic mass is 35.5. The lowest BCUT2D eigenvalue weighted by Crippen LogP contribution is -2.30. The number of carbonyl (C=O) groups is 1. The SMILES string of the molecule is CCN(CC)c1nc(CN(C(=O)c2ccc(Cl)cc2)c2ccc(F)cc2)cs1. The largest absolute Gasteiger partial charge is 0.349 e. The van der Waals surface area contributed by atoms with Gasteiger partial charge in [-0.3, -0.25) is 4.79 Å². The van der Waals surface area contributed by atoms with Crippen molar-refractivity contribution in [2.75, 3.05) is 22.9 Å². The Kier molecular flexibility index (Phi) is 6.65. The molecule has 0 fully saturated rings. The quantitative estimate of drug-likeness (QED) is 0.500. The number of aromatic nitrogens is 1. The van der Waals surface area contributed by atoms with Gasteiger partial charge in [-0.15, -0.1) is 11.3 Å². The minimum atomic E-state index is -0.347. The van der Waals surface area contributed by atoms with Gasteiger partial charge in [-0.25, -0.2) is 9.37 Å². The topological polar surface area (TPSA) is 36.4 Å². The second kappa shape index (κ2) is 9.17. The van der Waals surface area contributed by atoms with Gasteiger partial charge in [0.15, 0.2) is 5.13 Å². The smallest absolute Gasteiger partial charge is 0.258 e. The first-order chi connectivity index (χ1) is 13.5.